The van der Waals surface area contributed by atoms with Crippen molar-refractivity contribution < 1.29 is 0 Å². The summed E-state index contributed by atoms with van der Waals surface area (Å²) in [7, 11) is 0. The lowest BCUT2D eigenvalue weighted by Gasteiger charge is -2.10. The molecule has 0 atom stereocenters. The van der Waals surface area contributed by atoms with Crippen molar-refractivity contribution in [2.75, 3.05) is 5.32 Å². The van der Waals surface area contributed by atoms with Crippen LogP contribution in [0.4, 0.5) is 5.69 Å². The Morgan fingerprint density at radius 1 is 1.11 bits per heavy atom. The third-order valence-corrected chi connectivity index (χ3v) is 3.79. The van der Waals surface area contributed by atoms with Crippen molar-refractivity contribution in [1.82, 2.24) is 9.78 Å². The van der Waals surface area contributed by atoms with E-state index in [-0.39, 0.29) is 0 Å². The Hall–Kier alpha value is -0.900. The van der Waals surface area contributed by atoms with Crippen LogP contribution in [0.25, 0.3) is 0 Å². The molecule has 0 bridgehead atoms. The maximum absolute atomic E-state index is 6.12. The number of benzene rings is 1. The number of hydrogen-bond acceptors (Lipinski definition) is 2. The lowest BCUT2D eigenvalue weighted by molar-refractivity contribution is 0.623. The van der Waals surface area contributed by atoms with Crippen molar-refractivity contribution in [2.24, 2.45) is 0 Å². The molecular formula is C13H14Cl3N3. The fourth-order valence-electron chi connectivity index (χ4n) is 1.86. The van der Waals surface area contributed by atoms with E-state index in [2.05, 4.69) is 17.3 Å². The molecular weight excluding hydrogens is 305 g/mol. The Balaban J connectivity index is 2.16. The molecule has 0 aliphatic rings. The summed E-state index contributed by atoms with van der Waals surface area (Å²) >= 11 is 18.0. The van der Waals surface area contributed by atoms with Crippen molar-refractivity contribution >= 4 is 40.5 Å². The highest BCUT2D eigenvalue weighted by Crippen LogP contribution is 2.32. The van der Waals surface area contributed by atoms with E-state index in [1.165, 1.54) is 0 Å². The second kappa shape index (κ2) is 6.04. The van der Waals surface area contributed by atoms with Gasteiger partial charge in [0, 0.05) is 6.54 Å². The molecule has 0 aliphatic carbocycles. The minimum Gasteiger partial charge on any atom is -0.378 e. The number of hydrogen-bond donors (Lipinski definition) is 1. The van der Waals surface area contributed by atoms with Crippen molar-refractivity contribution in [3.8, 4) is 0 Å². The normalized spacial score (nSPS) is 10.8. The molecule has 2 aromatic rings. The van der Waals surface area contributed by atoms with Gasteiger partial charge in [-0.1, -0.05) is 34.8 Å². The summed E-state index contributed by atoms with van der Waals surface area (Å²) in [4.78, 5) is 0. The monoisotopic (exact) mass is 317 g/mol. The number of halogens is 3. The van der Waals surface area contributed by atoms with Crippen molar-refractivity contribution in [1.29, 1.82) is 0 Å². The number of nitrogens with one attached hydrogen (secondary N) is 1. The van der Waals surface area contributed by atoms with E-state index in [0.29, 0.717) is 21.6 Å². The first kappa shape index (κ1) is 14.5. The number of aromatic nitrogens is 2. The van der Waals surface area contributed by atoms with E-state index in [1.807, 2.05) is 17.7 Å². The molecule has 0 saturated heterocycles. The maximum Gasteiger partial charge on any atom is 0.0653 e. The predicted molar refractivity (Wildman–Crippen MR) is 81.4 cm³/mol. The summed E-state index contributed by atoms with van der Waals surface area (Å²) in [6.45, 7) is 5.50. The minimum atomic E-state index is 0.451. The van der Waals surface area contributed by atoms with Crippen LogP contribution in [0.5, 0.6) is 0 Å². The SMILES string of the molecule is CCn1nc(C)cc1CNc1cc(Cl)c(Cl)cc1Cl. The molecule has 1 heterocycles. The number of nitrogens with zero attached hydrogens (tertiary/aromatic N) is 2. The molecule has 19 heavy (non-hydrogen) atoms. The topological polar surface area (TPSA) is 29.9 Å². The fourth-order valence-corrected chi connectivity index (χ4v) is 2.47. The zero-order chi connectivity index (χ0) is 14.0. The van der Waals surface area contributed by atoms with E-state index >= 15 is 0 Å². The quantitative estimate of drug-likeness (QED) is 0.822. The van der Waals surface area contributed by atoms with Gasteiger partial charge in [0.05, 0.1) is 38.7 Å². The van der Waals surface area contributed by atoms with Gasteiger partial charge in [-0.15, -0.1) is 0 Å². The Kier molecular flexibility index (Phi) is 4.61. The second-order valence-electron chi connectivity index (χ2n) is 4.19. The van der Waals surface area contributed by atoms with Gasteiger partial charge in [0.2, 0.25) is 0 Å². The van der Waals surface area contributed by atoms with E-state index < -0.39 is 0 Å². The Morgan fingerprint density at radius 3 is 2.47 bits per heavy atom. The molecule has 0 spiro atoms. The molecule has 1 aromatic heterocycles. The summed E-state index contributed by atoms with van der Waals surface area (Å²) in [6.07, 6.45) is 0. The van der Waals surface area contributed by atoms with E-state index in [4.69, 9.17) is 34.8 Å². The Labute approximate surface area is 127 Å². The first-order valence-electron chi connectivity index (χ1n) is 5.93. The molecule has 0 amide bonds. The van der Waals surface area contributed by atoms with Crippen LogP contribution in [0.2, 0.25) is 15.1 Å². The molecule has 0 unspecified atom stereocenters. The van der Waals surface area contributed by atoms with Crippen molar-refractivity contribution in [2.45, 2.75) is 26.9 Å². The molecule has 2 rings (SSSR count). The lowest BCUT2D eigenvalue weighted by atomic mass is 10.3. The molecule has 6 heteroatoms. The van der Waals surface area contributed by atoms with Crippen molar-refractivity contribution in [3.63, 3.8) is 0 Å². The van der Waals surface area contributed by atoms with Crippen molar-refractivity contribution in [3.05, 3.63) is 44.7 Å². The summed E-state index contributed by atoms with van der Waals surface area (Å²) in [5.41, 5.74) is 2.86. The van der Waals surface area contributed by atoms with Gasteiger partial charge in [0.25, 0.3) is 0 Å². The molecule has 0 radical (unpaired) electrons. The average Bonchev–Trinajstić information content (AvgIpc) is 2.72. The first-order chi connectivity index (χ1) is 9.01. The van der Waals surface area contributed by atoms with Crippen LogP contribution >= 0.6 is 34.8 Å². The zero-order valence-corrected chi connectivity index (χ0v) is 12.9. The standard InChI is InChI=1S/C13H14Cl3N3/c1-3-19-9(4-8(2)18-19)7-17-13-6-11(15)10(14)5-12(13)16/h4-6,17H,3,7H2,1-2H3. The number of aryl methyl sites for hydroxylation is 2. The summed E-state index contributed by atoms with van der Waals surface area (Å²) < 4.78 is 1.95. The van der Waals surface area contributed by atoms with Gasteiger partial charge >= 0.3 is 0 Å². The number of anilines is 1. The highest BCUT2D eigenvalue weighted by molar-refractivity contribution is 6.44. The fraction of sp³-hybridized carbons (Fsp3) is 0.308. The van der Waals surface area contributed by atoms with E-state index in [0.717, 1.165) is 23.6 Å². The van der Waals surface area contributed by atoms with Crippen LogP contribution in [-0.4, -0.2) is 9.78 Å². The van der Waals surface area contributed by atoms with Crippen LogP contribution < -0.4 is 5.32 Å². The average molecular weight is 319 g/mol. The van der Waals surface area contributed by atoms with Gasteiger partial charge in [0.15, 0.2) is 0 Å². The van der Waals surface area contributed by atoms with Gasteiger partial charge in [-0.05, 0) is 32.0 Å². The smallest absolute Gasteiger partial charge is 0.0653 e. The van der Waals surface area contributed by atoms with Crippen LogP contribution in [0, 0.1) is 6.92 Å². The zero-order valence-electron chi connectivity index (χ0n) is 10.7. The minimum absolute atomic E-state index is 0.451. The highest BCUT2D eigenvalue weighted by atomic mass is 35.5. The van der Waals surface area contributed by atoms with Gasteiger partial charge in [-0.2, -0.15) is 5.10 Å². The third-order valence-electron chi connectivity index (χ3n) is 2.75. The first-order valence-corrected chi connectivity index (χ1v) is 7.06. The summed E-state index contributed by atoms with van der Waals surface area (Å²) in [6, 6.07) is 5.41. The van der Waals surface area contributed by atoms with Crippen LogP contribution in [-0.2, 0) is 13.1 Å². The maximum atomic E-state index is 6.12. The highest BCUT2D eigenvalue weighted by Gasteiger charge is 2.08. The van der Waals surface area contributed by atoms with Crippen LogP contribution in [0.15, 0.2) is 18.2 Å². The summed E-state index contributed by atoms with van der Waals surface area (Å²) in [5, 5.41) is 9.12. The lowest BCUT2D eigenvalue weighted by Crippen LogP contribution is -2.08. The third kappa shape index (κ3) is 3.35. The van der Waals surface area contributed by atoms with E-state index in [1.54, 1.807) is 12.1 Å². The molecule has 1 N–H and O–H groups in total. The molecule has 102 valence electrons. The van der Waals surface area contributed by atoms with Gasteiger partial charge in [-0.3, -0.25) is 4.68 Å². The molecule has 0 saturated carbocycles. The van der Waals surface area contributed by atoms with Crippen LogP contribution in [0.3, 0.4) is 0 Å². The van der Waals surface area contributed by atoms with Gasteiger partial charge in [-0.25, -0.2) is 0 Å². The summed E-state index contributed by atoms with van der Waals surface area (Å²) in [5.74, 6) is 0. The molecule has 3 nitrogen and oxygen atoms in total. The van der Waals surface area contributed by atoms with Crippen LogP contribution in [0.1, 0.15) is 18.3 Å². The second-order valence-corrected chi connectivity index (χ2v) is 5.41. The van der Waals surface area contributed by atoms with Gasteiger partial charge < -0.3 is 5.32 Å². The number of rotatable bonds is 4. The largest absolute Gasteiger partial charge is 0.378 e. The van der Waals surface area contributed by atoms with E-state index in [9.17, 15) is 0 Å². The molecule has 1 aromatic carbocycles. The Bertz CT molecular complexity index is 593. The van der Waals surface area contributed by atoms with Gasteiger partial charge in [0.1, 0.15) is 0 Å². The predicted octanol–water partition coefficient (Wildman–Crippen LogP) is 4.78. The molecule has 0 fully saturated rings. The molecule has 0 aliphatic heterocycles. The Morgan fingerprint density at radius 2 is 1.79 bits per heavy atom.